The minimum atomic E-state index is -0.426. The summed E-state index contributed by atoms with van der Waals surface area (Å²) in [6, 6.07) is 4.42. The Morgan fingerprint density at radius 2 is 2.21 bits per heavy atom. The molecule has 0 bridgehead atoms. The number of benzene rings is 1. The Bertz CT molecular complexity index is 465. The van der Waals surface area contributed by atoms with E-state index in [1.807, 2.05) is 23.9 Å². The lowest BCUT2D eigenvalue weighted by Crippen LogP contribution is -2.37. The number of nitrogens with zero attached hydrogens (tertiary/aromatic N) is 2. The Morgan fingerprint density at radius 3 is 2.84 bits per heavy atom. The van der Waals surface area contributed by atoms with Crippen molar-refractivity contribution in [2.24, 2.45) is 0 Å². The molecule has 0 radical (unpaired) electrons. The molecule has 0 saturated carbocycles. The van der Waals surface area contributed by atoms with Crippen molar-refractivity contribution in [3.63, 3.8) is 0 Å². The largest absolute Gasteiger partial charge is 0.391 e. The van der Waals surface area contributed by atoms with Crippen LogP contribution in [-0.2, 0) is 0 Å². The van der Waals surface area contributed by atoms with Gasteiger partial charge in [0.05, 0.1) is 6.10 Å². The number of anilines is 1. The molecule has 1 saturated heterocycles. The highest BCUT2D eigenvalue weighted by Crippen LogP contribution is 2.27. The van der Waals surface area contributed by atoms with Crippen molar-refractivity contribution < 1.29 is 14.3 Å². The van der Waals surface area contributed by atoms with Gasteiger partial charge in [0, 0.05) is 30.4 Å². The highest BCUT2D eigenvalue weighted by Gasteiger charge is 2.31. The summed E-state index contributed by atoms with van der Waals surface area (Å²) < 4.78 is 13.5. The van der Waals surface area contributed by atoms with Crippen LogP contribution in [0.15, 0.2) is 18.2 Å². The average Bonchev–Trinajstić information content (AvgIpc) is 2.68. The van der Waals surface area contributed by atoms with Crippen LogP contribution in [0.5, 0.6) is 0 Å². The van der Waals surface area contributed by atoms with Crippen LogP contribution in [0.4, 0.5) is 10.1 Å². The van der Waals surface area contributed by atoms with Gasteiger partial charge in [-0.1, -0.05) is 0 Å². The Hall–Kier alpha value is -1.46. The van der Waals surface area contributed by atoms with Crippen molar-refractivity contribution in [3.05, 3.63) is 29.6 Å². The van der Waals surface area contributed by atoms with Crippen LogP contribution >= 0.6 is 0 Å². The molecule has 19 heavy (non-hydrogen) atoms. The molecule has 1 heterocycles. The van der Waals surface area contributed by atoms with Gasteiger partial charge >= 0.3 is 0 Å². The number of carbonyl (C=O) groups excluding carboxylic acids is 1. The standard InChI is InChI=1S/C14H19FN2O2/c1-16(2)7-13-6-14(19)8-17(13)12-4-10(9-18)3-11(15)5-12/h3-5,9,13-14,19H,6-8H2,1-2H3. The van der Waals surface area contributed by atoms with Gasteiger partial charge in [0.2, 0.25) is 0 Å². The van der Waals surface area contributed by atoms with Gasteiger partial charge in [-0.25, -0.2) is 4.39 Å². The molecule has 1 aliphatic rings. The van der Waals surface area contributed by atoms with Gasteiger partial charge in [-0.2, -0.15) is 0 Å². The van der Waals surface area contributed by atoms with Crippen LogP contribution in [0.3, 0.4) is 0 Å². The van der Waals surface area contributed by atoms with Crippen LogP contribution in [0.1, 0.15) is 16.8 Å². The Kier molecular flexibility index (Phi) is 4.17. The zero-order chi connectivity index (χ0) is 14.0. The SMILES string of the molecule is CN(C)CC1CC(O)CN1c1cc(F)cc(C=O)c1. The van der Waals surface area contributed by atoms with E-state index in [1.165, 1.54) is 12.1 Å². The van der Waals surface area contributed by atoms with Gasteiger partial charge < -0.3 is 14.9 Å². The van der Waals surface area contributed by atoms with Crippen LogP contribution in [0, 0.1) is 5.82 Å². The maximum atomic E-state index is 13.5. The first kappa shape index (κ1) is 14.0. The number of likely N-dealkylation sites (N-methyl/N-ethyl adjacent to an activating group) is 1. The maximum absolute atomic E-state index is 13.5. The molecule has 104 valence electrons. The highest BCUT2D eigenvalue weighted by atomic mass is 19.1. The summed E-state index contributed by atoms with van der Waals surface area (Å²) in [6.45, 7) is 1.25. The third-order valence-corrected chi connectivity index (χ3v) is 3.34. The van der Waals surface area contributed by atoms with E-state index >= 15 is 0 Å². The van der Waals surface area contributed by atoms with E-state index in [0.717, 1.165) is 6.54 Å². The molecule has 0 aliphatic carbocycles. The lowest BCUT2D eigenvalue weighted by molar-refractivity contribution is 0.112. The summed E-state index contributed by atoms with van der Waals surface area (Å²) in [5, 5.41) is 9.82. The van der Waals surface area contributed by atoms with Crippen molar-refractivity contribution >= 4 is 12.0 Å². The minimum absolute atomic E-state index is 0.131. The van der Waals surface area contributed by atoms with Crippen LogP contribution in [-0.4, -0.2) is 55.6 Å². The molecule has 0 amide bonds. The predicted octanol–water partition coefficient (Wildman–Crippen LogP) is 1.14. The number of hydrogen-bond acceptors (Lipinski definition) is 4. The summed E-state index contributed by atoms with van der Waals surface area (Å²) in [5.74, 6) is -0.426. The second kappa shape index (κ2) is 5.67. The van der Waals surface area contributed by atoms with Gasteiger partial charge in [0.15, 0.2) is 0 Å². The molecule has 1 N–H and O–H groups in total. The number of aliphatic hydroxyl groups excluding tert-OH is 1. The number of β-amino-alcohol motifs (C(OH)–C–C–N with tert-alkyl or cyclic N) is 1. The summed E-state index contributed by atoms with van der Waals surface area (Å²) in [7, 11) is 3.93. The highest BCUT2D eigenvalue weighted by molar-refractivity contribution is 5.77. The molecule has 1 aromatic rings. The van der Waals surface area contributed by atoms with E-state index < -0.39 is 11.9 Å². The quantitative estimate of drug-likeness (QED) is 0.830. The molecule has 0 aromatic heterocycles. The molecule has 2 atom stereocenters. The van der Waals surface area contributed by atoms with Gasteiger partial charge in [-0.05, 0) is 38.7 Å². The normalized spacial score (nSPS) is 23.1. The zero-order valence-electron chi connectivity index (χ0n) is 11.2. The summed E-state index contributed by atoms with van der Waals surface area (Å²) in [5.41, 5.74) is 0.977. The maximum Gasteiger partial charge on any atom is 0.150 e. The predicted molar refractivity (Wildman–Crippen MR) is 72.1 cm³/mol. The number of aliphatic hydroxyl groups is 1. The molecule has 5 heteroatoms. The van der Waals surface area contributed by atoms with Crippen LogP contribution in [0.2, 0.25) is 0 Å². The first-order chi connectivity index (χ1) is 8.99. The smallest absolute Gasteiger partial charge is 0.150 e. The van der Waals surface area contributed by atoms with Gasteiger partial charge in [0.1, 0.15) is 12.1 Å². The summed E-state index contributed by atoms with van der Waals surface area (Å²) in [6.07, 6.45) is 0.887. The molecule has 1 aromatic carbocycles. The van der Waals surface area contributed by atoms with E-state index in [-0.39, 0.29) is 6.04 Å². The zero-order valence-corrected chi connectivity index (χ0v) is 11.2. The van der Waals surface area contributed by atoms with Crippen molar-refractivity contribution in [3.8, 4) is 0 Å². The van der Waals surface area contributed by atoms with E-state index in [4.69, 9.17) is 0 Å². The minimum Gasteiger partial charge on any atom is -0.391 e. The topological polar surface area (TPSA) is 43.8 Å². The van der Waals surface area contributed by atoms with Crippen LogP contribution in [0.25, 0.3) is 0 Å². The number of rotatable bonds is 4. The summed E-state index contributed by atoms with van der Waals surface area (Å²) in [4.78, 5) is 14.8. The second-order valence-electron chi connectivity index (χ2n) is 5.32. The molecule has 0 spiro atoms. The van der Waals surface area contributed by atoms with E-state index in [9.17, 15) is 14.3 Å². The number of carbonyl (C=O) groups is 1. The van der Waals surface area contributed by atoms with Crippen molar-refractivity contribution in [1.82, 2.24) is 4.90 Å². The monoisotopic (exact) mass is 266 g/mol. The Balaban J connectivity index is 2.27. The van der Waals surface area contributed by atoms with Crippen molar-refractivity contribution in [2.45, 2.75) is 18.6 Å². The Labute approximate surface area is 112 Å². The van der Waals surface area contributed by atoms with Gasteiger partial charge in [0.25, 0.3) is 0 Å². The molecule has 1 fully saturated rings. The molecule has 2 unspecified atom stereocenters. The third-order valence-electron chi connectivity index (χ3n) is 3.34. The van der Waals surface area contributed by atoms with Crippen LogP contribution < -0.4 is 4.90 Å². The lowest BCUT2D eigenvalue weighted by atomic mass is 10.1. The first-order valence-electron chi connectivity index (χ1n) is 6.35. The fourth-order valence-electron chi connectivity index (χ4n) is 2.63. The lowest BCUT2D eigenvalue weighted by Gasteiger charge is -2.28. The number of aldehydes is 1. The molecular formula is C14H19FN2O2. The molecule has 4 nitrogen and oxygen atoms in total. The summed E-state index contributed by atoms with van der Waals surface area (Å²) >= 11 is 0. The van der Waals surface area contributed by atoms with E-state index in [1.54, 1.807) is 6.07 Å². The first-order valence-corrected chi connectivity index (χ1v) is 6.35. The fraction of sp³-hybridized carbons (Fsp3) is 0.500. The fourth-order valence-corrected chi connectivity index (χ4v) is 2.63. The van der Waals surface area contributed by atoms with E-state index in [2.05, 4.69) is 0 Å². The van der Waals surface area contributed by atoms with E-state index in [0.29, 0.717) is 30.5 Å². The molecule has 1 aliphatic heterocycles. The molecule has 2 rings (SSSR count). The average molecular weight is 266 g/mol. The second-order valence-corrected chi connectivity index (χ2v) is 5.32. The van der Waals surface area contributed by atoms with Gasteiger partial charge in [-0.3, -0.25) is 4.79 Å². The molecular weight excluding hydrogens is 247 g/mol. The number of halogens is 1. The number of hydrogen-bond donors (Lipinski definition) is 1. The van der Waals surface area contributed by atoms with Crippen molar-refractivity contribution in [2.75, 3.05) is 32.1 Å². The van der Waals surface area contributed by atoms with Gasteiger partial charge in [-0.15, -0.1) is 0 Å². The third kappa shape index (κ3) is 3.30. The van der Waals surface area contributed by atoms with Crippen molar-refractivity contribution in [1.29, 1.82) is 0 Å². The Morgan fingerprint density at radius 1 is 1.47 bits per heavy atom.